The zero-order valence-electron chi connectivity index (χ0n) is 17.8. The molecule has 168 valence electrons. The average Bonchev–Trinajstić information content (AvgIpc) is 3.29. The molecule has 1 unspecified atom stereocenters. The van der Waals surface area contributed by atoms with E-state index in [1.165, 1.54) is 12.3 Å². The number of rotatable bonds is 3. The predicted octanol–water partition coefficient (Wildman–Crippen LogP) is 2.48. The summed E-state index contributed by atoms with van der Waals surface area (Å²) in [6.07, 6.45) is 2.67. The molecule has 0 bridgehead atoms. The topological polar surface area (TPSA) is 95.0 Å². The van der Waals surface area contributed by atoms with Gasteiger partial charge in [0.15, 0.2) is 21.3 Å². The van der Waals surface area contributed by atoms with Gasteiger partial charge in [0.1, 0.15) is 31.0 Å². The van der Waals surface area contributed by atoms with E-state index in [2.05, 4.69) is 4.98 Å². The van der Waals surface area contributed by atoms with E-state index in [9.17, 15) is 13.2 Å². The van der Waals surface area contributed by atoms with E-state index in [0.717, 1.165) is 17.4 Å². The molecule has 0 saturated carbocycles. The molecule has 0 N–H and O–H groups in total. The number of pyridine rings is 1. The maximum absolute atomic E-state index is 14.1. The standard InChI is InChI=1S/C24H20N2O6S/c1-33(28,29)22-7-4-8-25-17(22)13-26-18-6-3-2-5-15(18)24(23(26)27)14-32-19-12-21-20(11-16(19)24)30-9-10-31-21/h2-8,11-12H,9-10,13-14H2,1H3. The van der Waals surface area contributed by atoms with Crippen molar-refractivity contribution in [3.63, 3.8) is 0 Å². The van der Waals surface area contributed by atoms with E-state index < -0.39 is 15.3 Å². The van der Waals surface area contributed by atoms with E-state index in [1.54, 1.807) is 17.0 Å². The second kappa shape index (κ2) is 6.95. The zero-order valence-corrected chi connectivity index (χ0v) is 18.6. The van der Waals surface area contributed by atoms with Crippen molar-refractivity contribution in [2.45, 2.75) is 16.9 Å². The summed E-state index contributed by atoms with van der Waals surface area (Å²) in [6, 6.07) is 14.2. The highest BCUT2D eigenvalue weighted by Gasteiger charge is 2.57. The van der Waals surface area contributed by atoms with Gasteiger partial charge in [0.05, 0.1) is 17.1 Å². The summed E-state index contributed by atoms with van der Waals surface area (Å²) in [5.74, 6) is 1.57. The maximum atomic E-state index is 14.1. The quantitative estimate of drug-likeness (QED) is 0.588. The fraction of sp³-hybridized carbons (Fsp3) is 0.250. The third kappa shape index (κ3) is 2.85. The largest absolute Gasteiger partial charge is 0.491 e. The Morgan fingerprint density at radius 1 is 0.970 bits per heavy atom. The van der Waals surface area contributed by atoms with E-state index in [-0.39, 0.29) is 24.0 Å². The molecule has 9 heteroatoms. The Balaban J connectivity index is 1.49. The van der Waals surface area contributed by atoms with Crippen molar-refractivity contribution in [2.24, 2.45) is 0 Å². The van der Waals surface area contributed by atoms with E-state index in [0.29, 0.717) is 41.8 Å². The number of sulfone groups is 1. The Morgan fingerprint density at radius 2 is 1.73 bits per heavy atom. The van der Waals surface area contributed by atoms with Gasteiger partial charge < -0.3 is 19.1 Å². The fourth-order valence-electron chi connectivity index (χ4n) is 4.90. The summed E-state index contributed by atoms with van der Waals surface area (Å²) in [5.41, 5.74) is 1.50. The minimum absolute atomic E-state index is 0.0285. The second-order valence-electron chi connectivity index (χ2n) is 8.31. The highest BCUT2D eigenvalue weighted by molar-refractivity contribution is 7.90. The van der Waals surface area contributed by atoms with Gasteiger partial charge in [-0.15, -0.1) is 0 Å². The molecule has 1 amide bonds. The Bertz CT molecular complexity index is 1420. The van der Waals surface area contributed by atoms with Crippen LogP contribution in [0.15, 0.2) is 59.6 Å². The molecule has 6 rings (SSSR count). The van der Waals surface area contributed by atoms with E-state index in [4.69, 9.17) is 14.2 Å². The molecule has 1 spiro atoms. The van der Waals surface area contributed by atoms with Gasteiger partial charge in [-0.05, 0) is 29.8 Å². The van der Waals surface area contributed by atoms with Crippen molar-refractivity contribution in [3.8, 4) is 17.2 Å². The van der Waals surface area contributed by atoms with Crippen molar-refractivity contribution in [3.05, 3.63) is 71.5 Å². The van der Waals surface area contributed by atoms with Gasteiger partial charge in [-0.25, -0.2) is 8.42 Å². The third-order valence-electron chi connectivity index (χ3n) is 6.37. The number of nitrogens with zero attached hydrogens (tertiary/aromatic N) is 2. The summed E-state index contributed by atoms with van der Waals surface area (Å²) >= 11 is 0. The summed E-state index contributed by atoms with van der Waals surface area (Å²) in [7, 11) is -3.51. The predicted molar refractivity (Wildman–Crippen MR) is 119 cm³/mol. The zero-order chi connectivity index (χ0) is 22.8. The van der Waals surface area contributed by atoms with Crippen molar-refractivity contribution in [2.75, 3.05) is 31.0 Å². The van der Waals surface area contributed by atoms with E-state index in [1.807, 2.05) is 30.3 Å². The smallest absolute Gasteiger partial charge is 0.246 e. The van der Waals surface area contributed by atoms with Crippen LogP contribution in [0.3, 0.4) is 0 Å². The van der Waals surface area contributed by atoms with Gasteiger partial charge in [-0.1, -0.05) is 18.2 Å². The number of fused-ring (bicyclic) bond motifs is 5. The monoisotopic (exact) mass is 464 g/mol. The van der Waals surface area contributed by atoms with Crippen LogP contribution in [0.25, 0.3) is 0 Å². The summed E-state index contributed by atoms with van der Waals surface area (Å²) in [5, 5.41) is 0. The molecule has 0 radical (unpaired) electrons. The summed E-state index contributed by atoms with van der Waals surface area (Å²) in [4.78, 5) is 20.1. The van der Waals surface area contributed by atoms with Gasteiger partial charge in [-0.2, -0.15) is 0 Å². The van der Waals surface area contributed by atoms with Gasteiger partial charge in [0, 0.05) is 29.8 Å². The Morgan fingerprint density at radius 3 is 2.52 bits per heavy atom. The summed E-state index contributed by atoms with van der Waals surface area (Å²) < 4.78 is 42.1. The van der Waals surface area contributed by atoms with Crippen molar-refractivity contribution in [1.29, 1.82) is 0 Å². The molecule has 3 aliphatic heterocycles. The van der Waals surface area contributed by atoms with Crippen LogP contribution in [0.4, 0.5) is 5.69 Å². The fourth-order valence-corrected chi connectivity index (χ4v) is 5.77. The Labute approximate surface area is 190 Å². The number of hydrogen-bond acceptors (Lipinski definition) is 7. The molecule has 2 aromatic carbocycles. The molecule has 3 aliphatic rings. The number of aromatic nitrogens is 1. The third-order valence-corrected chi connectivity index (χ3v) is 7.54. The molecule has 8 nitrogen and oxygen atoms in total. The van der Waals surface area contributed by atoms with Crippen LogP contribution in [0, 0.1) is 0 Å². The SMILES string of the molecule is CS(=O)(=O)c1cccnc1CN1C(=O)C2(COc3cc4c(cc32)OCCO4)c2ccccc21. The van der Waals surface area contributed by atoms with Gasteiger partial charge in [-0.3, -0.25) is 9.78 Å². The van der Waals surface area contributed by atoms with Crippen LogP contribution >= 0.6 is 0 Å². The number of para-hydroxylation sites is 1. The van der Waals surface area contributed by atoms with Crippen LogP contribution < -0.4 is 19.1 Å². The number of ether oxygens (including phenoxy) is 3. The molecule has 1 aromatic heterocycles. The van der Waals surface area contributed by atoms with Crippen molar-refractivity contribution in [1.82, 2.24) is 4.98 Å². The van der Waals surface area contributed by atoms with Crippen molar-refractivity contribution < 1.29 is 27.4 Å². The number of anilines is 1. The molecular weight excluding hydrogens is 444 g/mol. The minimum atomic E-state index is -3.51. The normalized spacial score (nSPS) is 20.5. The number of carbonyl (C=O) groups excluding carboxylic acids is 1. The number of carbonyl (C=O) groups is 1. The van der Waals surface area contributed by atoms with Gasteiger partial charge in [0.2, 0.25) is 5.91 Å². The first kappa shape index (κ1) is 20.0. The lowest BCUT2D eigenvalue weighted by Gasteiger charge is -2.24. The Hall–Kier alpha value is -3.59. The first-order chi connectivity index (χ1) is 15.9. The molecular formula is C24H20N2O6S. The average molecular weight is 464 g/mol. The van der Waals surface area contributed by atoms with E-state index >= 15 is 0 Å². The van der Waals surface area contributed by atoms with Crippen LogP contribution in [0.2, 0.25) is 0 Å². The van der Waals surface area contributed by atoms with Crippen molar-refractivity contribution >= 4 is 21.4 Å². The number of hydrogen-bond donors (Lipinski definition) is 0. The summed E-state index contributed by atoms with van der Waals surface area (Å²) in [6.45, 7) is 1.06. The molecule has 1 atom stereocenters. The molecule has 4 heterocycles. The number of amides is 1. The minimum Gasteiger partial charge on any atom is -0.491 e. The number of benzene rings is 2. The molecule has 0 aliphatic carbocycles. The molecule has 33 heavy (non-hydrogen) atoms. The van der Waals surface area contributed by atoms with Gasteiger partial charge in [0.25, 0.3) is 0 Å². The molecule has 3 aromatic rings. The lowest BCUT2D eigenvalue weighted by Crippen LogP contribution is -2.42. The van der Waals surface area contributed by atoms with Gasteiger partial charge >= 0.3 is 0 Å². The molecule has 0 fully saturated rings. The molecule has 0 saturated heterocycles. The first-order valence-corrected chi connectivity index (χ1v) is 12.4. The lowest BCUT2D eigenvalue weighted by atomic mass is 9.77. The van der Waals surface area contributed by atoms with Crippen LogP contribution in [-0.4, -0.2) is 45.4 Å². The lowest BCUT2D eigenvalue weighted by molar-refractivity contribution is -0.122. The highest BCUT2D eigenvalue weighted by atomic mass is 32.2. The maximum Gasteiger partial charge on any atom is 0.246 e. The second-order valence-corrected chi connectivity index (χ2v) is 10.3. The first-order valence-electron chi connectivity index (χ1n) is 10.5. The van der Waals surface area contributed by atoms with Crippen LogP contribution in [0.5, 0.6) is 17.2 Å². The van der Waals surface area contributed by atoms with Crippen LogP contribution in [0.1, 0.15) is 16.8 Å². The highest BCUT2D eigenvalue weighted by Crippen LogP contribution is 2.55. The Kier molecular flexibility index (Phi) is 4.22. The van der Waals surface area contributed by atoms with Crippen LogP contribution in [-0.2, 0) is 26.6 Å².